The topological polar surface area (TPSA) is 78.5 Å². The highest BCUT2D eigenvalue weighted by atomic mass is 32.2. The van der Waals surface area contributed by atoms with E-state index in [0.29, 0.717) is 5.69 Å². The molecule has 30 heavy (non-hydrogen) atoms. The predicted octanol–water partition coefficient (Wildman–Crippen LogP) is 2.46. The van der Waals surface area contributed by atoms with E-state index in [1.165, 1.54) is 5.56 Å². The van der Waals surface area contributed by atoms with Crippen LogP contribution in [0.25, 0.3) is 0 Å². The van der Waals surface area contributed by atoms with Crippen LogP contribution in [-0.2, 0) is 26.9 Å². The lowest BCUT2D eigenvalue weighted by Crippen LogP contribution is -2.45. The molecule has 2 amide bonds. The first-order valence-corrected chi connectivity index (χ1v) is 11.7. The lowest BCUT2D eigenvalue weighted by Gasteiger charge is -2.32. The van der Waals surface area contributed by atoms with Crippen LogP contribution in [0.15, 0.2) is 54.6 Å². The van der Waals surface area contributed by atoms with Crippen molar-refractivity contribution in [2.45, 2.75) is 32.4 Å². The first-order valence-electron chi connectivity index (χ1n) is 10.2. The van der Waals surface area contributed by atoms with Gasteiger partial charge in [-0.25, -0.2) is 0 Å². The van der Waals surface area contributed by atoms with Crippen LogP contribution < -0.4 is 10.6 Å². The fourth-order valence-corrected chi connectivity index (χ4v) is 4.37. The zero-order valence-electron chi connectivity index (χ0n) is 17.3. The van der Waals surface area contributed by atoms with Gasteiger partial charge in [-0.3, -0.25) is 18.7 Å². The van der Waals surface area contributed by atoms with E-state index < -0.39 is 10.8 Å². The molecule has 0 aromatic heterocycles. The summed E-state index contributed by atoms with van der Waals surface area (Å²) in [6.45, 7) is 4.72. The number of anilines is 1. The lowest BCUT2D eigenvalue weighted by atomic mass is 10.0. The van der Waals surface area contributed by atoms with Crippen LogP contribution in [0.2, 0.25) is 0 Å². The molecule has 0 aliphatic carbocycles. The number of rotatable bonds is 8. The summed E-state index contributed by atoms with van der Waals surface area (Å²) in [7, 11) is -1.53. The molecule has 1 atom stereocenters. The number of nitrogens with one attached hydrogen (secondary N) is 2. The smallest absolute Gasteiger partial charge is 0.237 e. The Morgan fingerprint density at radius 2 is 1.60 bits per heavy atom. The zero-order chi connectivity index (χ0) is 21.3. The van der Waals surface area contributed by atoms with E-state index in [2.05, 4.69) is 27.7 Å². The SMILES string of the molecule is Cc1ccc(NC(=O)CS(=O)CC(=O)NC2CCN(Cc3ccccc3)CC2)cc1. The Labute approximate surface area is 180 Å². The van der Waals surface area contributed by atoms with Gasteiger partial charge in [-0.2, -0.15) is 0 Å². The summed E-state index contributed by atoms with van der Waals surface area (Å²) >= 11 is 0. The average molecular weight is 428 g/mol. The predicted molar refractivity (Wildman–Crippen MR) is 121 cm³/mol. The van der Waals surface area contributed by atoms with Gasteiger partial charge in [-0.05, 0) is 37.5 Å². The Bertz CT molecular complexity index is 863. The van der Waals surface area contributed by atoms with Crippen LogP contribution in [0.3, 0.4) is 0 Å². The largest absolute Gasteiger partial charge is 0.352 e. The third kappa shape index (κ3) is 7.39. The minimum Gasteiger partial charge on any atom is -0.352 e. The van der Waals surface area contributed by atoms with Crippen LogP contribution in [0, 0.1) is 6.92 Å². The molecule has 0 bridgehead atoms. The van der Waals surface area contributed by atoms with Crippen molar-refractivity contribution in [3.63, 3.8) is 0 Å². The highest BCUT2D eigenvalue weighted by Gasteiger charge is 2.22. The fourth-order valence-electron chi connectivity index (χ4n) is 3.52. The molecule has 2 aromatic carbocycles. The monoisotopic (exact) mass is 427 g/mol. The summed E-state index contributed by atoms with van der Waals surface area (Å²) in [6.07, 6.45) is 1.75. The van der Waals surface area contributed by atoms with Gasteiger partial charge in [-0.1, -0.05) is 48.0 Å². The Morgan fingerprint density at radius 1 is 0.967 bits per heavy atom. The number of amides is 2. The van der Waals surface area contributed by atoms with Crippen molar-refractivity contribution >= 4 is 28.3 Å². The minimum absolute atomic E-state index is 0.0999. The van der Waals surface area contributed by atoms with Crippen molar-refractivity contribution in [2.75, 3.05) is 29.9 Å². The fraction of sp³-hybridized carbons (Fsp3) is 0.391. The maximum Gasteiger partial charge on any atom is 0.237 e. The number of hydrogen-bond donors (Lipinski definition) is 2. The Balaban J connectivity index is 1.34. The second-order valence-electron chi connectivity index (χ2n) is 7.75. The lowest BCUT2D eigenvalue weighted by molar-refractivity contribution is -0.119. The molecule has 3 rings (SSSR count). The Kier molecular flexibility index (Phi) is 8.16. The molecule has 2 N–H and O–H groups in total. The normalized spacial score (nSPS) is 16.0. The highest BCUT2D eigenvalue weighted by Crippen LogP contribution is 2.14. The standard InChI is InChI=1S/C23H29N3O3S/c1-18-7-9-20(10-8-18)24-22(27)16-30(29)17-23(28)25-21-11-13-26(14-12-21)15-19-5-3-2-4-6-19/h2-10,21H,11-17H2,1H3,(H,24,27)(H,25,28). The second-order valence-corrected chi connectivity index (χ2v) is 9.20. The second kappa shape index (κ2) is 11.0. The van der Waals surface area contributed by atoms with Gasteiger partial charge in [0.1, 0.15) is 11.5 Å². The van der Waals surface area contributed by atoms with Gasteiger partial charge in [-0.15, -0.1) is 0 Å². The number of carbonyl (C=O) groups is 2. The summed E-state index contributed by atoms with van der Waals surface area (Å²) in [4.78, 5) is 26.6. The van der Waals surface area contributed by atoms with Crippen molar-refractivity contribution in [2.24, 2.45) is 0 Å². The molecular weight excluding hydrogens is 398 g/mol. The van der Waals surface area contributed by atoms with Gasteiger partial charge < -0.3 is 10.6 Å². The number of hydrogen-bond acceptors (Lipinski definition) is 4. The maximum absolute atomic E-state index is 12.2. The summed E-state index contributed by atoms with van der Waals surface area (Å²) in [6, 6.07) is 17.8. The molecule has 1 aliphatic heterocycles. The maximum atomic E-state index is 12.2. The number of benzene rings is 2. The van der Waals surface area contributed by atoms with Gasteiger partial charge in [0.05, 0.1) is 0 Å². The van der Waals surface area contributed by atoms with Gasteiger partial charge in [0.2, 0.25) is 11.8 Å². The molecule has 1 fully saturated rings. The third-order valence-corrected chi connectivity index (χ3v) is 6.29. The molecular formula is C23H29N3O3S. The zero-order valence-corrected chi connectivity index (χ0v) is 18.1. The van der Waals surface area contributed by atoms with E-state index in [1.807, 2.05) is 37.3 Å². The molecule has 160 valence electrons. The van der Waals surface area contributed by atoms with Crippen LogP contribution in [-0.4, -0.2) is 51.6 Å². The molecule has 7 heteroatoms. The molecule has 1 unspecified atom stereocenters. The van der Waals surface area contributed by atoms with Gasteiger partial charge in [0, 0.05) is 42.2 Å². The van der Waals surface area contributed by atoms with Crippen LogP contribution in [0.1, 0.15) is 24.0 Å². The number of carbonyl (C=O) groups excluding carboxylic acids is 2. The Morgan fingerprint density at radius 3 is 2.27 bits per heavy atom. The van der Waals surface area contributed by atoms with Crippen LogP contribution >= 0.6 is 0 Å². The molecule has 6 nitrogen and oxygen atoms in total. The van der Waals surface area contributed by atoms with E-state index in [0.717, 1.165) is 38.0 Å². The van der Waals surface area contributed by atoms with E-state index in [4.69, 9.17) is 0 Å². The van der Waals surface area contributed by atoms with Crippen molar-refractivity contribution in [1.29, 1.82) is 0 Å². The molecule has 0 saturated carbocycles. The Hall–Kier alpha value is -2.51. The molecule has 1 heterocycles. The molecule has 1 saturated heterocycles. The number of piperidine rings is 1. The highest BCUT2D eigenvalue weighted by molar-refractivity contribution is 7.86. The molecule has 2 aromatic rings. The van der Waals surface area contributed by atoms with E-state index in [-0.39, 0.29) is 29.4 Å². The summed E-state index contributed by atoms with van der Waals surface area (Å²) in [5, 5.41) is 5.68. The van der Waals surface area contributed by atoms with Crippen molar-refractivity contribution in [1.82, 2.24) is 10.2 Å². The van der Waals surface area contributed by atoms with Crippen molar-refractivity contribution in [3.05, 3.63) is 65.7 Å². The summed E-state index contributed by atoms with van der Waals surface area (Å²) in [5.41, 5.74) is 3.05. The number of likely N-dealkylation sites (tertiary alicyclic amines) is 1. The quantitative estimate of drug-likeness (QED) is 0.678. The van der Waals surface area contributed by atoms with Crippen molar-refractivity contribution in [3.8, 4) is 0 Å². The van der Waals surface area contributed by atoms with Crippen LogP contribution in [0.4, 0.5) is 5.69 Å². The number of nitrogens with zero attached hydrogens (tertiary/aromatic N) is 1. The first kappa shape index (κ1) is 22.2. The average Bonchev–Trinajstić information content (AvgIpc) is 2.71. The number of aryl methyl sites for hydroxylation is 1. The third-order valence-electron chi connectivity index (χ3n) is 5.12. The van der Waals surface area contributed by atoms with Crippen molar-refractivity contribution < 1.29 is 13.8 Å². The van der Waals surface area contributed by atoms with Gasteiger partial charge in [0.15, 0.2) is 0 Å². The minimum atomic E-state index is -1.53. The van der Waals surface area contributed by atoms with E-state index >= 15 is 0 Å². The van der Waals surface area contributed by atoms with Gasteiger partial charge in [0.25, 0.3) is 0 Å². The molecule has 1 aliphatic rings. The molecule has 0 radical (unpaired) electrons. The summed E-state index contributed by atoms with van der Waals surface area (Å²) in [5.74, 6) is -0.931. The van der Waals surface area contributed by atoms with Gasteiger partial charge >= 0.3 is 0 Å². The van der Waals surface area contributed by atoms with E-state index in [9.17, 15) is 13.8 Å². The summed E-state index contributed by atoms with van der Waals surface area (Å²) < 4.78 is 12.2. The first-order chi connectivity index (χ1) is 14.5. The van der Waals surface area contributed by atoms with E-state index in [1.54, 1.807) is 12.1 Å². The van der Waals surface area contributed by atoms with Crippen LogP contribution in [0.5, 0.6) is 0 Å². The molecule has 0 spiro atoms.